The maximum absolute atomic E-state index is 13.8. The van der Waals surface area contributed by atoms with Crippen molar-refractivity contribution in [1.29, 1.82) is 0 Å². The molecule has 148 valence electrons. The molecule has 0 fully saturated rings. The maximum atomic E-state index is 13.8. The van der Waals surface area contributed by atoms with Crippen LogP contribution >= 0.6 is 11.9 Å². The summed E-state index contributed by atoms with van der Waals surface area (Å²) in [6, 6.07) is 7.38. The summed E-state index contributed by atoms with van der Waals surface area (Å²) in [6.07, 6.45) is -3.37. The summed E-state index contributed by atoms with van der Waals surface area (Å²) in [7, 11) is 1.60. The van der Waals surface area contributed by atoms with Gasteiger partial charge in [-0.25, -0.2) is 13.7 Å². The Morgan fingerprint density at radius 2 is 1.86 bits per heavy atom. The van der Waals surface area contributed by atoms with E-state index in [0.717, 1.165) is 36.2 Å². The van der Waals surface area contributed by atoms with Crippen molar-refractivity contribution in [1.82, 2.24) is 13.9 Å². The zero-order valence-electron chi connectivity index (χ0n) is 15.1. The molecule has 1 heterocycles. The molecular formula is C19H17F4N3OS. The summed E-state index contributed by atoms with van der Waals surface area (Å²) in [4.78, 5) is 16.3. The lowest BCUT2D eigenvalue weighted by molar-refractivity contribution is -0.172. The molecule has 1 atom stereocenters. The van der Waals surface area contributed by atoms with E-state index in [1.165, 1.54) is 15.1 Å². The second-order valence-electron chi connectivity index (χ2n) is 6.13. The first-order valence-corrected chi connectivity index (χ1v) is 9.20. The SMILES string of the molecule is CCN(Sc1ccc2c(c1)ncc(=O)n2C)[C@H](c1ccc(F)cc1)C(F)(F)F. The van der Waals surface area contributed by atoms with Gasteiger partial charge in [0, 0.05) is 18.5 Å². The summed E-state index contributed by atoms with van der Waals surface area (Å²) in [5.74, 6) is -0.591. The summed E-state index contributed by atoms with van der Waals surface area (Å²) in [5.41, 5.74) is 0.792. The maximum Gasteiger partial charge on any atom is 0.408 e. The number of hydrogen-bond acceptors (Lipinski definition) is 4. The lowest BCUT2D eigenvalue weighted by Gasteiger charge is -2.31. The molecule has 0 radical (unpaired) electrons. The number of alkyl halides is 3. The van der Waals surface area contributed by atoms with Gasteiger partial charge in [-0.1, -0.05) is 19.1 Å². The minimum Gasteiger partial charge on any atom is -0.309 e. The van der Waals surface area contributed by atoms with E-state index in [1.54, 1.807) is 32.2 Å². The molecular weight excluding hydrogens is 394 g/mol. The van der Waals surface area contributed by atoms with Gasteiger partial charge in [0.05, 0.1) is 17.2 Å². The number of hydrogen-bond donors (Lipinski definition) is 0. The number of halogens is 4. The second kappa shape index (κ2) is 7.92. The molecule has 0 N–H and O–H groups in total. The molecule has 2 aromatic carbocycles. The van der Waals surface area contributed by atoms with Gasteiger partial charge < -0.3 is 4.57 Å². The standard InChI is InChI=1S/C19H17F4N3OS/c1-3-26(18(19(21,22)23)12-4-6-13(20)7-5-12)28-14-8-9-16-15(10-14)24-11-17(27)25(16)2/h4-11,18H,3H2,1-2H3/t18-/m1/s1. The minimum absolute atomic E-state index is 0.0374. The molecule has 0 aliphatic carbocycles. The van der Waals surface area contributed by atoms with Crippen LogP contribution in [0, 0.1) is 5.82 Å². The predicted octanol–water partition coefficient (Wildman–Crippen LogP) is 4.71. The van der Waals surface area contributed by atoms with Crippen LogP contribution in [0.4, 0.5) is 17.6 Å². The average Bonchev–Trinajstić information content (AvgIpc) is 2.65. The van der Waals surface area contributed by atoms with Crippen molar-refractivity contribution < 1.29 is 17.6 Å². The van der Waals surface area contributed by atoms with Gasteiger partial charge in [0.25, 0.3) is 5.56 Å². The molecule has 0 amide bonds. The first-order valence-electron chi connectivity index (χ1n) is 8.43. The Labute approximate surface area is 162 Å². The van der Waals surface area contributed by atoms with Crippen LogP contribution in [0.15, 0.2) is 58.4 Å². The van der Waals surface area contributed by atoms with Crippen molar-refractivity contribution in [3.63, 3.8) is 0 Å². The highest BCUT2D eigenvalue weighted by Gasteiger charge is 2.44. The van der Waals surface area contributed by atoms with Crippen molar-refractivity contribution in [2.75, 3.05) is 6.54 Å². The van der Waals surface area contributed by atoms with Gasteiger partial charge in [-0.05, 0) is 47.8 Å². The molecule has 3 aromatic rings. The molecule has 0 aliphatic heterocycles. The highest BCUT2D eigenvalue weighted by Crippen LogP contribution is 2.42. The summed E-state index contributed by atoms with van der Waals surface area (Å²) < 4.78 is 57.2. The van der Waals surface area contributed by atoms with E-state index in [4.69, 9.17) is 0 Å². The second-order valence-corrected chi connectivity index (χ2v) is 7.25. The van der Waals surface area contributed by atoms with Gasteiger partial charge >= 0.3 is 6.18 Å². The Morgan fingerprint density at radius 1 is 1.18 bits per heavy atom. The van der Waals surface area contributed by atoms with Gasteiger partial charge in [0.1, 0.15) is 11.9 Å². The van der Waals surface area contributed by atoms with Crippen LogP contribution in [0.25, 0.3) is 11.0 Å². The Balaban J connectivity index is 1.97. The van der Waals surface area contributed by atoms with Gasteiger partial charge in [-0.15, -0.1) is 0 Å². The highest BCUT2D eigenvalue weighted by atomic mass is 32.2. The van der Waals surface area contributed by atoms with Crippen molar-refractivity contribution in [3.8, 4) is 0 Å². The van der Waals surface area contributed by atoms with Gasteiger partial charge in [-0.3, -0.25) is 4.79 Å². The molecule has 0 saturated heterocycles. The monoisotopic (exact) mass is 411 g/mol. The van der Waals surface area contributed by atoms with Crippen LogP contribution in [0.3, 0.4) is 0 Å². The largest absolute Gasteiger partial charge is 0.408 e. The van der Waals surface area contributed by atoms with Crippen LogP contribution in [0.2, 0.25) is 0 Å². The van der Waals surface area contributed by atoms with Crippen LogP contribution in [0.5, 0.6) is 0 Å². The van der Waals surface area contributed by atoms with Crippen molar-refractivity contribution in [3.05, 3.63) is 70.4 Å². The van der Waals surface area contributed by atoms with Gasteiger partial charge in [0.15, 0.2) is 0 Å². The number of aromatic nitrogens is 2. The zero-order valence-corrected chi connectivity index (χ0v) is 15.9. The third kappa shape index (κ3) is 4.20. The Hall–Kier alpha value is -2.39. The fourth-order valence-corrected chi connectivity index (χ4v) is 3.92. The van der Waals surface area contributed by atoms with Crippen molar-refractivity contribution >= 4 is 23.0 Å². The third-order valence-corrected chi connectivity index (χ3v) is 5.44. The van der Waals surface area contributed by atoms with Gasteiger partial charge in [-0.2, -0.15) is 13.2 Å². The van der Waals surface area contributed by atoms with E-state index in [-0.39, 0.29) is 17.7 Å². The topological polar surface area (TPSA) is 38.1 Å². The van der Waals surface area contributed by atoms with Crippen LogP contribution in [-0.4, -0.2) is 26.6 Å². The lowest BCUT2D eigenvalue weighted by atomic mass is 10.1. The predicted molar refractivity (Wildman–Crippen MR) is 100 cm³/mol. The Morgan fingerprint density at radius 3 is 2.46 bits per heavy atom. The number of fused-ring (bicyclic) bond motifs is 1. The Bertz CT molecular complexity index is 1030. The number of benzene rings is 2. The number of aryl methyl sites for hydroxylation is 1. The molecule has 0 saturated carbocycles. The zero-order chi connectivity index (χ0) is 20.5. The summed E-state index contributed by atoms with van der Waals surface area (Å²) in [5, 5.41) is 0. The quantitative estimate of drug-likeness (QED) is 0.450. The highest BCUT2D eigenvalue weighted by molar-refractivity contribution is 7.97. The molecule has 1 aromatic heterocycles. The fraction of sp³-hybridized carbons (Fsp3) is 0.263. The molecule has 0 unspecified atom stereocenters. The summed E-state index contributed by atoms with van der Waals surface area (Å²) in [6.45, 7) is 1.73. The smallest absolute Gasteiger partial charge is 0.309 e. The van der Waals surface area contributed by atoms with Crippen molar-refractivity contribution in [2.45, 2.75) is 24.0 Å². The number of nitrogens with zero attached hydrogens (tertiary/aromatic N) is 3. The van der Waals surface area contributed by atoms with Crippen molar-refractivity contribution in [2.24, 2.45) is 7.05 Å². The fourth-order valence-electron chi connectivity index (χ4n) is 2.88. The molecule has 28 heavy (non-hydrogen) atoms. The van der Waals surface area contributed by atoms with E-state index in [0.29, 0.717) is 15.9 Å². The molecule has 0 bridgehead atoms. The first-order chi connectivity index (χ1) is 13.2. The van der Waals surface area contributed by atoms with E-state index >= 15 is 0 Å². The minimum atomic E-state index is -4.54. The van der Waals surface area contributed by atoms with E-state index in [1.807, 2.05) is 0 Å². The number of rotatable bonds is 5. The van der Waals surface area contributed by atoms with E-state index < -0.39 is 18.0 Å². The Kier molecular flexibility index (Phi) is 5.76. The van der Waals surface area contributed by atoms with Crippen LogP contribution < -0.4 is 5.56 Å². The first kappa shape index (κ1) is 20.3. The molecule has 4 nitrogen and oxygen atoms in total. The van der Waals surface area contributed by atoms with E-state index in [2.05, 4.69) is 4.98 Å². The van der Waals surface area contributed by atoms with Gasteiger partial charge in [0.2, 0.25) is 0 Å². The third-order valence-electron chi connectivity index (χ3n) is 4.27. The van der Waals surface area contributed by atoms with Crippen LogP contribution in [0.1, 0.15) is 18.5 Å². The molecule has 9 heteroatoms. The summed E-state index contributed by atoms with van der Waals surface area (Å²) >= 11 is 0.940. The van der Waals surface area contributed by atoms with E-state index in [9.17, 15) is 22.4 Å². The molecule has 0 aliphatic rings. The normalized spacial score (nSPS) is 13.2. The average molecular weight is 411 g/mol. The molecule has 0 spiro atoms. The van der Waals surface area contributed by atoms with Crippen LogP contribution in [-0.2, 0) is 7.05 Å². The lowest BCUT2D eigenvalue weighted by Crippen LogP contribution is -2.34. The molecule has 3 rings (SSSR count).